The quantitative estimate of drug-likeness (QED) is 0.494. The van der Waals surface area contributed by atoms with Gasteiger partial charge in [0.15, 0.2) is 0 Å². The Morgan fingerprint density at radius 3 is 1.50 bits per heavy atom. The van der Waals surface area contributed by atoms with Crippen LogP contribution in [0, 0.1) is 11.8 Å². The molecule has 1 saturated carbocycles. The van der Waals surface area contributed by atoms with Crippen molar-refractivity contribution in [1.82, 2.24) is 0 Å². The molecule has 0 N–H and O–H groups in total. The zero-order valence-electron chi connectivity index (χ0n) is 6.62. The highest BCUT2D eigenvalue weighted by atomic mass is 16.4. The van der Waals surface area contributed by atoms with Crippen molar-refractivity contribution in [3.05, 3.63) is 0 Å². The van der Waals surface area contributed by atoms with E-state index in [-0.39, 0.29) is 0 Å². The van der Waals surface area contributed by atoms with Gasteiger partial charge in [0, 0.05) is 23.8 Å². The van der Waals surface area contributed by atoms with Gasteiger partial charge in [-0.3, -0.25) is 0 Å². The average Bonchev–Trinajstić information content (AvgIpc) is 2.04. The van der Waals surface area contributed by atoms with Gasteiger partial charge in [-0.1, -0.05) is 12.8 Å². The fraction of sp³-hybridized carbons (Fsp3) is 0.750. The summed E-state index contributed by atoms with van der Waals surface area (Å²) in [5, 5.41) is 20.9. The van der Waals surface area contributed by atoms with Crippen molar-refractivity contribution >= 4 is 11.9 Å². The summed E-state index contributed by atoms with van der Waals surface area (Å²) in [5.41, 5.74) is 0. The second-order valence-electron chi connectivity index (χ2n) is 3.14. The van der Waals surface area contributed by atoms with Crippen LogP contribution in [0.25, 0.3) is 0 Å². The molecule has 0 aromatic carbocycles. The highest BCUT2D eigenvalue weighted by Gasteiger charge is 2.26. The van der Waals surface area contributed by atoms with E-state index < -0.39 is 23.8 Å². The summed E-state index contributed by atoms with van der Waals surface area (Å²) in [5.74, 6) is -4.21. The van der Waals surface area contributed by atoms with E-state index in [1.807, 2.05) is 0 Å². The second kappa shape index (κ2) is 3.56. The van der Waals surface area contributed by atoms with Crippen molar-refractivity contribution in [2.75, 3.05) is 0 Å². The molecular weight excluding hydrogens is 160 g/mol. The molecule has 0 spiro atoms. The predicted molar refractivity (Wildman–Crippen MR) is 35.5 cm³/mol. The number of aliphatic carboxylic acids is 2. The molecule has 2 atom stereocenters. The van der Waals surface area contributed by atoms with Gasteiger partial charge in [-0.15, -0.1) is 0 Å². The van der Waals surface area contributed by atoms with Crippen LogP contribution < -0.4 is 10.2 Å². The lowest BCUT2D eigenvalue weighted by atomic mass is 9.79. The molecule has 2 unspecified atom stereocenters. The Bertz CT molecular complexity index is 177. The molecule has 4 heteroatoms. The summed E-state index contributed by atoms with van der Waals surface area (Å²) in [7, 11) is 0. The number of carbonyl (C=O) groups is 2. The van der Waals surface area contributed by atoms with Crippen LogP contribution in [0.15, 0.2) is 0 Å². The fourth-order valence-corrected chi connectivity index (χ4v) is 1.70. The minimum atomic E-state index is -1.26. The molecule has 12 heavy (non-hydrogen) atoms. The van der Waals surface area contributed by atoms with Gasteiger partial charge in [0.25, 0.3) is 0 Å². The molecule has 0 bridgehead atoms. The van der Waals surface area contributed by atoms with E-state index in [1.54, 1.807) is 0 Å². The zero-order chi connectivity index (χ0) is 9.14. The van der Waals surface area contributed by atoms with E-state index >= 15 is 0 Å². The van der Waals surface area contributed by atoms with Crippen LogP contribution in [0.2, 0.25) is 0 Å². The van der Waals surface area contributed by atoms with Crippen LogP contribution in [-0.4, -0.2) is 11.9 Å². The Labute approximate surface area is 70.2 Å². The summed E-state index contributed by atoms with van der Waals surface area (Å²) in [6.45, 7) is 0. The van der Waals surface area contributed by atoms with Crippen LogP contribution in [0.5, 0.6) is 0 Å². The van der Waals surface area contributed by atoms with Gasteiger partial charge < -0.3 is 19.8 Å². The first kappa shape index (κ1) is 9.03. The number of hydrogen-bond acceptors (Lipinski definition) is 4. The molecule has 0 aromatic rings. The lowest BCUT2D eigenvalue weighted by molar-refractivity contribution is -0.328. The van der Waals surface area contributed by atoms with Gasteiger partial charge in [0.05, 0.1) is 0 Å². The number of hydrogen-bond donors (Lipinski definition) is 0. The Morgan fingerprint density at radius 2 is 1.25 bits per heavy atom. The number of carbonyl (C=O) groups excluding carboxylic acids is 2. The SMILES string of the molecule is O=C([O-])C1CCCCC1C(=O)[O-]. The van der Waals surface area contributed by atoms with Crippen LogP contribution in [0.3, 0.4) is 0 Å². The standard InChI is InChI=1S/C8H12O4/c9-7(10)5-3-1-2-4-6(5)8(11)12/h5-6H,1-4H2,(H,9,10)(H,11,12)/p-2. The predicted octanol–water partition coefficient (Wildman–Crippen LogP) is -1.71. The average molecular weight is 170 g/mol. The molecule has 0 aliphatic heterocycles. The first-order valence-corrected chi connectivity index (χ1v) is 4.04. The summed E-state index contributed by atoms with van der Waals surface area (Å²) >= 11 is 0. The van der Waals surface area contributed by atoms with Gasteiger partial charge >= 0.3 is 0 Å². The maximum absolute atomic E-state index is 10.5. The van der Waals surface area contributed by atoms with E-state index in [0.717, 1.165) is 12.8 Å². The minimum absolute atomic E-state index is 0.404. The van der Waals surface area contributed by atoms with Gasteiger partial charge in [-0.05, 0) is 12.8 Å². The van der Waals surface area contributed by atoms with Crippen molar-refractivity contribution in [2.45, 2.75) is 25.7 Å². The minimum Gasteiger partial charge on any atom is -0.550 e. The summed E-state index contributed by atoms with van der Waals surface area (Å²) in [6.07, 6.45) is 2.34. The molecule has 4 nitrogen and oxygen atoms in total. The summed E-state index contributed by atoms with van der Waals surface area (Å²) in [6, 6.07) is 0. The third-order valence-corrected chi connectivity index (χ3v) is 2.37. The van der Waals surface area contributed by atoms with Gasteiger partial charge in [-0.2, -0.15) is 0 Å². The lowest BCUT2D eigenvalue weighted by Gasteiger charge is -2.32. The van der Waals surface area contributed by atoms with Crippen molar-refractivity contribution in [3.63, 3.8) is 0 Å². The molecule has 1 fully saturated rings. The van der Waals surface area contributed by atoms with Gasteiger partial charge in [0.1, 0.15) is 0 Å². The Balaban J connectivity index is 2.67. The van der Waals surface area contributed by atoms with Crippen molar-refractivity contribution in [2.24, 2.45) is 11.8 Å². The molecule has 1 aliphatic carbocycles. The van der Waals surface area contributed by atoms with Crippen LogP contribution >= 0.6 is 0 Å². The third kappa shape index (κ3) is 1.75. The molecule has 1 rings (SSSR count). The fourth-order valence-electron chi connectivity index (χ4n) is 1.70. The largest absolute Gasteiger partial charge is 0.550 e. The number of carboxylic acids is 2. The van der Waals surface area contributed by atoms with Gasteiger partial charge in [0.2, 0.25) is 0 Å². The molecule has 0 aromatic heterocycles. The highest BCUT2D eigenvalue weighted by molar-refractivity contribution is 5.77. The Hall–Kier alpha value is -1.06. The molecule has 0 radical (unpaired) electrons. The Kier molecular flexibility index (Phi) is 2.68. The molecule has 0 amide bonds. The van der Waals surface area contributed by atoms with Gasteiger partial charge in [-0.25, -0.2) is 0 Å². The molecule has 1 aliphatic rings. The zero-order valence-corrected chi connectivity index (χ0v) is 6.62. The number of rotatable bonds is 2. The topological polar surface area (TPSA) is 80.3 Å². The Morgan fingerprint density at radius 1 is 0.917 bits per heavy atom. The first-order valence-electron chi connectivity index (χ1n) is 4.04. The van der Waals surface area contributed by atoms with Crippen LogP contribution in [0.1, 0.15) is 25.7 Å². The maximum atomic E-state index is 10.5. The summed E-state index contributed by atoms with van der Waals surface area (Å²) in [4.78, 5) is 20.9. The molecule has 68 valence electrons. The van der Waals surface area contributed by atoms with Crippen molar-refractivity contribution < 1.29 is 19.8 Å². The van der Waals surface area contributed by atoms with E-state index in [2.05, 4.69) is 0 Å². The van der Waals surface area contributed by atoms with E-state index in [4.69, 9.17) is 0 Å². The third-order valence-electron chi connectivity index (χ3n) is 2.37. The summed E-state index contributed by atoms with van der Waals surface area (Å²) < 4.78 is 0. The first-order chi connectivity index (χ1) is 5.63. The normalized spacial score (nSPS) is 29.7. The van der Waals surface area contributed by atoms with Crippen LogP contribution in [-0.2, 0) is 9.59 Å². The molecule has 0 saturated heterocycles. The van der Waals surface area contributed by atoms with Crippen LogP contribution in [0.4, 0.5) is 0 Å². The smallest absolute Gasteiger partial charge is 0.0451 e. The number of carboxylic acid groups (broad SMARTS) is 2. The highest BCUT2D eigenvalue weighted by Crippen LogP contribution is 2.28. The second-order valence-corrected chi connectivity index (χ2v) is 3.14. The lowest BCUT2D eigenvalue weighted by Crippen LogP contribution is -2.45. The van der Waals surface area contributed by atoms with E-state index in [0.29, 0.717) is 12.8 Å². The molecular formula is C8H10O4-2. The maximum Gasteiger partial charge on any atom is 0.0451 e. The van der Waals surface area contributed by atoms with E-state index in [1.165, 1.54) is 0 Å². The molecule has 0 heterocycles. The van der Waals surface area contributed by atoms with E-state index in [9.17, 15) is 19.8 Å². The van der Waals surface area contributed by atoms with Crippen molar-refractivity contribution in [3.8, 4) is 0 Å². The van der Waals surface area contributed by atoms with Crippen molar-refractivity contribution in [1.29, 1.82) is 0 Å². The monoisotopic (exact) mass is 170 g/mol.